The van der Waals surface area contributed by atoms with Crippen LogP contribution in [0.25, 0.3) is 0 Å². The number of piperidine rings is 1. The van der Waals surface area contributed by atoms with Crippen LogP contribution in [0.5, 0.6) is 0 Å². The summed E-state index contributed by atoms with van der Waals surface area (Å²) in [6, 6.07) is -0.733. The van der Waals surface area contributed by atoms with Crippen LogP contribution in [-0.4, -0.2) is 51.3 Å². The Hall–Kier alpha value is -1.79. The van der Waals surface area contributed by atoms with Gasteiger partial charge in [0, 0.05) is 13.0 Å². The van der Waals surface area contributed by atoms with Crippen LogP contribution >= 0.6 is 0 Å². The lowest BCUT2D eigenvalue weighted by molar-refractivity contribution is -0.144. The number of hydrogen-bond donors (Lipinski definition) is 2. The Bertz CT molecular complexity index is 500. The highest BCUT2D eigenvalue weighted by molar-refractivity contribution is 5.80. The van der Waals surface area contributed by atoms with Gasteiger partial charge in [-0.25, -0.2) is 9.59 Å². The van der Waals surface area contributed by atoms with Crippen LogP contribution in [0.2, 0.25) is 0 Å². The molecule has 0 bridgehead atoms. The largest absolute Gasteiger partial charge is 0.481 e. The van der Waals surface area contributed by atoms with Gasteiger partial charge in [0.05, 0.1) is 0 Å². The third-order valence-electron chi connectivity index (χ3n) is 4.74. The number of carboxylic acid groups (broad SMARTS) is 2. The van der Waals surface area contributed by atoms with E-state index in [0.717, 1.165) is 19.3 Å². The van der Waals surface area contributed by atoms with Crippen molar-refractivity contribution in [2.45, 2.75) is 110 Å². The van der Waals surface area contributed by atoms with E-state index in [0.29, 0.717) is 25.3 Å². The van der Waals surface area contributed by atoms with Gasteiger partial charge in [-0.15, -0.1) is 0 Å². The number of ether oxygens (including phenoxy) is 1. The molecule has 7 nitrogen and oxygen atoms in total. The number of carboxylic acids is 2. The minimum absolute atomic E-state index is 0.327. The average molecular weight is 416 g/mol. The number of hydrogen-bond acceptors (Lipinski definition) is 4. The molecule has 0 aromatic heterocycles. The topological polar surface area (TPSA) is 104 Å². The zero-order valence-corrected chi connectivity index (χ0v) is 18.9. The quantitative estimate of drug-likeness (QED) is 0.494. The Morgan fingerprint density at radius 2 is 1.69 bits per heavy atom. The lowest BCUT2D eigenvalue weighted by atomic mass is 9.99. The normalized spacial score (nSPS) is 17.7. The standard InChI is InChI=1S/C11H19NO4.C11H22O2/c1-11(2,3)16-10(15)12-7-5-4-6-8(12)9(13)14;1-3-4-5-6-7-8-10(2)9-11(12)13/h8H,4-7H2,1-3H3,(H,13,14);10H,3-9H2,1-2H3,(H,12,13). The molecule has 0 aromatic rings. The summed E-state index contributed by atoms with van der Waals surface area (Å²) >= 11 is 0. The molecular weight excluding hydrogens is 374 g/mol. The van der Waals surface area contributed by atoms with E-state index in [1.54, 1.807) is 20.8 Å². The summed E-state index contributed by atoms with van der Waals surface area (Å²) in [5, 5.41) is 17.5. The van der Waals surface area contributed by atoms with E-state index in [1.807, 2.05) is 6.92 Å². The number of amides is 1. The third kappa shape index (κ3) is 13.9. The van der Waals surface area contributed by atoms with Crippen LogP contribution < -0.4 is 0 Å². The maximum Gasteiger partial charge on any atom is 0.411 e. The van der Waals surface area contributed by atoms with Gasteiger partial charge in [-0.05, 0) is 46.0 Å². The Balaban J connectivity index is 0.000000555. The van der Waals surface area contributed by atoms with Crippen LogP contribution in [0.4, 0.5) is 4.79 Å². The van der Waals surface area contributed by atoms with E-state index >= 15 is 0 Å². The second kappa shape index (κ2) is 14.2. The molecule has 0 spiro atoms. The van der Waals surface area contributed by atoms with E-state index in [2.05, 4.69) is 6.92 Å². The number of likely N-dealkylation sites (tertiary alicyclic amines) is 1. The SMILES string of the molecule is CC(C)(C)OC(=O)N1CCCCC1C(=O)O.CCCCCCCC(C)CC(=O)O. The fraction of sp³-hybridized carbons (Fsp3) is 0.864. The number of aliphatic carboxylic acids is 2. The van der Waals surface area contributed by atoms with Crippen LogP contribution in [0.15, 0.2) is 0 Å². The molecule has 0 radical (unpaired) electrons. The molecule has 1 fully saturated rings. The van der Waals surface area contributed by atoms with Gasteiger partial charge < -0.3 is 14.9 Å². The predicted molar refractivity (Wildman–Crippen MR) is 113 cm³/mol. The van der Waals surface area contributed by atoms with Crippen molar-refractivity contribution in [3.05, 3.63) is 0 Å². The first-order valence-corrected chi connectivity index (χ1v) is 10.9. The van der Waals surface area contributed by atoms with Crippen molar-refractivity contribution >= 4 is 18.0 Å². The summed E-state index contributed by atoms with van der Waals surface area (Å²) in [4.78, 5) is 34.4. The van der Waals surface area contributed by atoms with Crippen molar-refractivity contribution in [1.29, 1.82) is 0 Å². The molecule has 2 N–H and O–H groups in total. The lowest BCUT2D eigenvalue weighted by Crippen LogP contribution is -2.49. The number of rotatable bonds is 9. The van der Waals surface area contributed by atoms with Crippen molar-refractivity contribution < 1.29 is 29.3 Å². The highest BCUT2D eigenvalue weighted by Crippen LogP contribution is 2.20. The minimum atomic E-state index is -0.953. The first-order chi connectivity index (χ1) is 13.5. The average Bonchev–Trinajstić information content (AvgIpc) is 2.60. The van der Waals surface area contributed by atoms with Gasteiger partial charge >= 0.3 is 18.0 Å². The monoisotopic (exact) mass is 415 g/mol. The highest BCUT2D eigenvalue weighted by atomic mass is 16.6. The fourth-order valence-electron chi connectivity index (χ4n) is 3.22. The molecule has 7 heteroatoms. The molecule has 29 heavy (non-hydrogen) atoms. The summed E-state index contributed by atoms with van der Waals surface area (Å²) in [6.45, 7) is 9.99. The fourth-order valence-corrected chi connectivity index (χ4v) is 3.22. The molecule has 1 amide bonds. The van der Waals surface area contributed by atoms with E-state index in [-0.39, 0.29) is 0 Å². The minimum Gasteiger partial charge on any atom is -0.481 e. The molecular formula is C22H41NO6. The second-order valence-corrected chi connectivity index (χ2v) is 8.93. The Morgan fingerprint density at radius 1 is 1.07 bits per heavy atom. The van der Waals surface area contributed by atoms with Gasteiger partial charge in [0.2, 0.25) is 0 Å². The van der Waals surface area contributed by atoms with Gasteiger partial charge in [-0.3, -0.25) is 9.69 Å². The number of carbonyl (C=O) groups excluding carboxylic acids is 1. The molecule has 1 heterocycles. The molecule has 0 aromatic carbocycles. The maximum absolute atomic E-state index is 11.8. The molecule has 1 aliphatic rings. The van der Waals surface area contributed by atoms with Crippen LogP contribution in [0.1, 0.15) is 98.8 Å². The van der Waals surface area contributed by atoms with Crippen LogP contribution in [0.3, 0.4) is 0 Å². The summed E-state index contributed by atoms with van der Waals surface area (Å²) in [6.07, 6.45) is 9.39. The van der Waals surface area contributed by atoms with Crippen molar-refractivity contribution in [1.82, 2.24) is 4.90 Å². The first kappa shape index (κ1) is 27.2. The third-order valence-corrected chi connectivity index (χ3v) is 4.74. The highest BCUT2D eigenvalue weighted by Gasteiger charge is 2.34. The molecule has 170 valence electrons. The Kier molecular flexibility index (Phi) is 13.4. The number of carbonyl (C=O) groups is 3. The van der Waals surface area contributed by atoms with Crippen molar-refractivity contribution in [2.75, 3.05) is 6.54 Å². The smallest absolute Gasteiger partial charge is 0.411 e. The number of unbranched alkanes of at least 4 members (excludes halogenated alkanes) is 4. The zero-order valence-electron chi connectivity index (χ0n) is 18.9. The summed E-state index contributed by atoms with van der Waals surface area (Å²) in [7, 11) is 0. The van der Waals surface area contributed by atoms with Gasteiger partial charge in [0.15, 0.2) is 0 Å². The maximum atomic E-state index is 11.8. The Labute approximate surface area is 175 Å². The van der Waals surface area contributed by atoms with Gasteiger partial charge in [-0.1, -0.05) is 52.4 Å². The molecule has 1 aliphatic heterocycles. The molecule has 2 atom stereocenters. The summed E-state index contributed by atoms with van der Waals surface area (Å²) < 4.78 is 5.18. The van der Waals surface area contributed by atoms with E-state index in [9.17, 15) is 14.4 Å². The van der Waals surface area contributed by atoms with E-state index < -0.39 is 29.7 Å². The molecule has 1 rings (SSSR count). The van der Waals surface area contributed by atoms with E-state index in [1.165, 1.54) is 37.0 Å². The van der Waals surface area contributed by atoms with Crippen molar-refractivity contribution in [3.8, 4) is 0 Å². The molecule has 1 saturated heterocycles. The predicted octanol–water partition coefficient (Wildman–Crippen LogP) is 5.32. The molecule has 0 aliphatic carbocycles. The molecule has 0 saturated carbocycles. The summed E-state index contributed by atoms with van der Waals surface area (Å²) in [5.41, 5.74) is -0.586. The second-order valence-electron chi connectivity index (χ2n) is 8.93. The number of nitrogens with zero attached hydrogens (tertiary/aromatic N) is 1. The van der Waals surface area contributed by atoms with Gasteiger partial charge in [0.1, 0.15) is 11.6 Å². The lowest BCUT2D eigenvalue weighted by Gasteiger charge is -2.34. The van der Waals surface area contributed by atoms with E-state index in [4.69, 9.17) is 14.9 Å². The Morgan fingerprint density at radius 3 is 2.21 bits per heavy atom. The van der Waals surface area contributed by atoms with Crippen LogP contribution in [0, 0.1) is 5.92 Å². The zero-order chi connectivity index (χ0) is 22.4. The van der Waals surface area contributed by atoms with Crippen molar-refractivity contribution in [3.63, 3.8) is 0 Å². The van der Waals surface area contributed by atoms with Gasteiger partial charge in [0.25, 0.3) is 0 Å². The van der Waals surface area contributed by atoms with Crippen LogP contribution in [-0.2, 0) is 14.3 Å². The van der Waals surface area contributed by atoms with Gasteiger partial charge in [-0.2, -0.15) is 0 Å². The summed E-state index contributed by atoms with van der Waals surface area (Å²) in [5.74, 6) is -1.27. The van der Waals surface area contributed by atoms with Crippen molar-refractivity contribution in [2.24, 2.45) is 5.92 Å². The first-order valence-electron chi connectivity index (χ1n) is 10.9. The molecule has 2 unspecified atom stereocenters.